The monoisotopic (exact) mass is 270 g/mol. The van der Waals surface area contributed by atoms with E-state index in [4.69, 9.17) is 9.84 Å². The average Bonchev–Trinajstić information content (AvgIpc) is 2.39. The quantitative estimate of drug-likeness (QED) is 0.782. The summed E-state index contributed by atoms with van der Waals surface area (Å²) in [7, 11) is 0. The molecule has 0 aromatic heterocycles. The van der Waals surface area contributed by atoms with Crippen LogP contribution >= 0.6 is 0 Å². The molecule has 108 valence electrons. The molecule has 2 rings (SSSR count). The maximum atomic E-state index is 12.1. The van der Waals surface area contributed by atoms with E-state index >= 15 is 0 Å². The molecule has 2 aliphatic heterocycles. The molecule has 0 aromatic rings. The fraction of sp³-hybridized carbons (Fsp3) is 0.846. The SMILES string of the molecule is CC1CC(C(=O)O)CN(C(=O)N[C@H]2CCCOC2)C1. The van der Waals surface area contributed by atoms with Crippen LogP contribution in [-0.4, -0.2) is 54.4 Å². The highest BCUT2D eigenvalue weighted by Gasteiger charge is 2.32. The van der Waals surface area contributed by atoms with Crippen LogP contribution in [0.25, 0.3) is 0 Å². The summed E-state index contributed by atoms with van der Waals surface area (Å²) in [5.74, 6) is -1.04. The van der Waals surface area contributed by atoms with E-state index in [-0.39, 0.29) is 18.0 Å². The lowest BCUT2D eigenvalue weighted by Gasteiger charge is -2.36. The first-order valence-electron chi connectivity index (χ1n) is 6.92. The Morgan fingerprint density at radius 1 is 1.37 bits per heavy atom. The number of ether oxygens (including phenoxy) is 1. The molecule has 2 heterocycles. The zero-order valence-corrected chi connectivity index (χ0v) is 11.3. The van der Waals surface area contributed by atoms with E-state index in [1.807, 2.05) is 6.92 Å². The first kappa shape index (κ1) is 14.1. The van der Waals surface area contributed by atoms with Gasteiger partial charge in [-0.25, -0.2) is 4.79 Å². The Morgan fingerprint density at radius 2 is 2.16 bits per heavy atom. The van der Waals surface area contributed by atoms with Crippen LogP contribution in [0.5, 0.6) is 0 Å². The van der Waals surface area contributed by atoms with Gasteiger partial charge in [-0.1, -0.05) is 6.92 Å². The number of piperidine rings is 1. The van der Waals surface area contributed by atoms with Crippen molar-refractivity contribution >= 4 is 12.0 Å². The number of rotatable bonds is 2. The van der Waals surface area contributed by atoms with E-state index in [9.17, 15) is 9.59 Å². The third-order valence-corrected chi connectivity index (χ3v) is 3.78. The van der Waals surface area contributed by atoms with Gasteiger partial charge in [0.25, 0.3) is 0 Å². The normalized spacial score (nSPS) is 31.8. The van der Waals surface area contributed by atoms with Gasteiger partial charge in [-0.2, -0.15) is 0 Å². The van der Waals surface area contributed by atoms with E-state index in [0.717, 1.165) is 19.4 Å². The Balaban J connectivity index is 1.88. The van der Waals surface area contributed by atoms with Crippen LogP contribution in [0, 0.1) is 11.8 Å². The molecular formula is C13H22N2O4. The van der Waals surface area contributed by atoms with E-state index in [2.05, 4.69) is 5.32 Å². The summed E-state index contributed by atoms with van der Waals surface area (Å²) in [5.41, 5.74) is 0. The standard InChI is InChI=1S/C13H22N2O4/c1-9-5-10(12(16)17)7-15(6-9)13(18)14-11-3-2-4-19-8-11/h9-11H,2-8H2,1H3,(H,14,18)(H,16,17)/t9?,10?,11-/m0/s1. The summed E-state index contributed by atoms with van der Waals surface area (Å²) in [5, 5.41) is 12.0. The van der Waals surface area contributed by atoms with E-state index < -0.39 is 11.9 Å². The highest BCUT2D eigenvalue weighted by Crippen LogP contribution is 2.22. The molecule has 0 bridgehead atoms. The Labute approximate surface area is 113 Å². The number of carbonyl (C=O) groups is 2. The topological polar surface area (TPSA) is 78.9 Å². The number of carboxylic acid groups (broad SMARTS) is 1. The molecule has 0 aromatic carbocycles. The number of hydrogen-bond donors (Lipinski definition) is 2. The summed E-state index contributed by atoms with van der Waals surface area (Å²) in [6, 6.07) is -0.102. The summed E-state index contributed by atoms with van der Waals surface area (Å²) < 4.78 is 5.32. The Kier molecular flexibility index (Phi) is 4.63. The van der Waals surface area contributed by atoms with Crippen LogP contribution in [0.4, 0.5) is 4.79 Å². The number of nitrogens with one attached hydrogen (secondary N) is 1. The molecule has 2 amide bonds. The summed E-state index contributed by atoms with van der Waals surface area (Å²) >= 11 is 0. The lowest BCUT2D eigenvalue weighted by Crippen LogP contribution is -2.53. The predicted octanol–water partition coefficient (Wildman–Crippen LogP) is 0.918. The molecule has 2 unspecified atom stereocenters. The zero-order valence-electron chi connectivity index (χ0n) is 11.3. The first-order chi connectivity index (χ1) is 9.06. The van der Waals surface area contributed by atoms with Crippen molar-refractivity contribution in [1.82, 2.24) is 10.2 Å². The highest BCUT2D eigenvalue weighted by molar-refractivity contribution is 5.76. The predicted molar refractivity (Wildman–Crippen MR) is 68.9 cm³/mol. The number of amides is 2. The number of carboxylic acids is 1. The minimum Gasteiger partial charge on any atom is -0.481 e. The van der Waals surface area contributed by atoms with Crippen LogP contribution in [0.15, 0.2) is 0 Å². The number of urea groups is 1. The van der Waals surface area contributed by atoms with Gasteiger partial charge in [-0.15, -0.1) is 0 Å². The Bertz CT molecular complexity index is 342. The molecule has 2 N–H and O–H groups in total. The molecule has 6 heteroatoms. The third-order valence-electron chi connectivity index (χ3n) is 3.78. The number of hydrogen-bond acceptors (Lipinski definition) is 3. The third kappa shape index (κ3) is 3.83. The van der Waals surface area contributed by atoms with E-state index in [0.29, 0.717) is 26.1 Å². The van der Waals surface area contributed by atoms with Crippen LogP contribution in [0.1, 0.15) is 26.2 Å². The van der Waals surface area contributed by atoms with Gasteiger partial charge in [0.2, 0.25) is 0 Å². The van der Waals surface area contributed by atoms with Crippen molar-refractivity contribution in [3.63, 3.8) is 0 Å². The largest absolute Gasteiger partial charge is 0.481 e. The fourth-order valence-electron chi connectivity index (χ4n) is 2.82. The van der Waals surface area contributed by atoms with Crippen molar-refractivity contribution in [1.29, 1.82) is 0 Å². The van der Waals surface area contributed by atoms with Crippen LogP contribution in [0.2, 0.25) is 0 Å². The van der Waals surface area contributed by atoms with Gasteiger partial charge >= 0.3 is 12.0 Å². The lowest BCUT2D eigenvalue weighted by atomic mass is 9.91. The molecular weight excluding hydrogens is 248 g/mol. The second-order valence-electron chi connectivity index (χ2n) is 5.64. The molecule has 0 radical (unpaired) electrons. The van der Waals surface area contributed by atoms with Gasteiger partial charge in [0.1, 0.15) is 0 Å². The van der Waals surface area contributed by atoms with Crippen LogP contribution < -0.4 is 5.32 Å². The van der Waals surface area contributed by atoms with Gasteiger partial charge in [-0.05, 0) is 25.2 Å². The van der Waals surface area contributed by atoms with Gasteiger partial charge in [-0.3, -0.25) is 4.79 Å². The van der Waals surface area contributed by atoms with Gasteiger partial charge < -0.3 is 20.1 Å². The smallest absolute Gasteiger partial charge is 0.317 e. The zero-order chi connectivity index (χ0) is 13.8. The average molecular weight is 270 g/mol. The molecule has 19 heavy (non-hydrogen) atoms. The molecule has 0 spiro atoms. The van der Waals surface area contributed by atoms with Crippen molar-refractivity contribution in [2.45, 2.75) is 32.2 Å². The van der Waals surface area contributed by atoms with Gasteiger partial charge in [0.05, 0.1) is 18.6 Å². The molecule has 6 nitrogen and oxygen atoms in total. The lowest BCUT2D eigenvalue weighted by molar-refractivity contribution is -0.143. The summed E-state index contributed by atoms with van der Waals surface area (Å²) in [4.78, 5) is 24.9. The van der Waals surface area contributed by atoms with Gasteiger partial charge in [0, 0.05) is 19.7 Å². The van der Waals surface area contributed by atoms with Crippen molar-refractivity contribution in [3.05, 3.63) is 0 Å². The molecule has 0 aliphatic carbocycles. The minimum absolute atomic E-state index is 0.0572. The molecule has 2 saturated heterocycles. The number of nitrogens with zero attached hydrogens (tertiary/aromatic N) is 1. The number of likely N-dealkylation sites (tertiary alicyclic amines) is 1. The Morgan fingerprint density at radius 3 is 2.79 bits per heavy atom. The number of carbonyl (C=O) groups excluding carboxylic acids is 1. The second-order valence-corrected chi connectivity index (χ2v) is 5.64. The van der Waals surface area contributed by atoms with Crippen LogP contribution in [0.3, 0.4) is 0 Å². The minimum atomic E-state index is -0.814. The van der Waals surface area contributed by atoms with Crippen molar-refractivity contribution < 1.29 is 19.4 Å². The maximum Gasteiger partial charge on any atom is 0.317 e. The molecule has 0 saturated carbocycles. The van der Waals surface area contributed by atoms with Crippen molar-refractivity contribution in [3.8, 4) is 0 Å². The number of aliphatic carboxylic acids is 1. The fourth-order valence-corrected chi connectivity index (χ4v) is 2.82. The maximum absolute atomic E-state index is 12.1. The van der Waals surface area contributed by atoms with Gasteiger partial charge in [0.15, 0.2) is 0 Å². The summed E-state index contributed by atoms with van der Waals surface area (Å²) in [6.45, 7) is 4.23. The van der Waals surface area contributed by atoms with E-state index in [1.165, 1.54) is 0 Å². The van der Waals surface area contributed by atoms with Crippen molar-refractivity contribution in [2.75, 3.05) is 26.3 Å². The highest BCUT2D eigenvalue weighted by atomic mass is 16.5. The summed E-state index contributed by atoms with van der Waals surface area (Å²) in [6.07, 6.45) is 2.53. The molecule has 2 aliphatic rings. The first-order valence-corrected chi connectivity index (χ1v) is 6.92. The molecule has 3 atom stereocenters. The molecule has 2 fully saturated rings. The van der Waals surface area contributed by atoms with Crippen molar-refractivity contribution in [2.24, 2.45) is 11.8 Å². The Hall–Kier alpha value is -1.30. The second kappa shape index (κ2) is 6.23. The van der Waals surface area contributed by atoms with Crippen LogP contribution in [-0.2, 0) is 9.53 Å². The van der Waals surface area contributed by atoms with E-state index in [1.54, 1.807) is 4.90 Å².